The number of pyridine rings is 2. The summed E-state index contributed by atoms with van der Waals surface area (Å²) in [5.41, 5.74) is 5.67. The number of Topliss-reactive ketones (excluding diaryl/α,β-unsaturated/α-hetero) is 2. The number of carbonyl (C=O) groups excluding carboxylic acids is 2. The minimum absolute atomic E-state index is 0.101. The summed E-state index contributed by atoms with van der Waals surface area (Å²) in [6.07, 6.45) is 14.8. The number of rotatable bonds is 14. The molecule has 0 aliphatic heterocycles. The van der Waals surface area contributed by atoms with E-state index in [1.165, 1.54) is 0 Å². The molecule has 4 heterocycles. The number of aryl methyl sites for hydroxylation is 2. The molecule has 14 heteroatoms. The zero-order chi connectivity index (χ0) is 40.8. The van der Waals surface area contributed by atoms with E-state index in [4.69, 9.17) is 29.4 Å². The SMILES string of the molecule is COc1ccnc(-c2nc3c(c(N(C)CC(=O)C[C@@H]4CCC[C@H]4O)n2)CCC3)c1.COc1ccnc(-c2nc3c(c(N(C)CC(=O)C[C@H]4CCC[C@@H]4O)n2)CCC3)c1. The highest BCUT2D eigenvalue weighted by Gasteiger charge is 2.30. The number of ether oxygens (including phenoxy) is 2. The van der Waals surface area contributed by atoms with Crippen molar-refractivity contribution >= 4 is 23.2 Å². The van der Waals surface area contributed by atoms with E-state index in [1.54, 1.807) is 38.7 Å². The molecule has 2 saturated carbocycles. The van der Waals surface area contributed by atoms with Gasteiger partial charge in [-0.25, -0.2) is 19.9 Å². The lowest BCUT2D eigenvalue weighted by molar-refractivity contribution is -0.120. The Morgan fingerprint density at radius 2 is 1.07 bits per heavy atom. The van der Waals surface area contributed by atoms with Gasteiger partial charge in [-0.3, -0.25) is 19.6 Å². The number of methoxy groups -OCH3 is 2. The van der Waals surface area contributed by atoms with Gasteiger partial charge in [0.25, 0.3) is 0 Å². The summed E-state index contributed by atoms with van der Waals surface area (Å²) >= 11 is 0. The van der Waals surface area contributed by atoms with E-state index in [0.29, 0.717) is 47.4 Å². The molecule has 0 radical (unpaired) electrons. The van der Waals surface area contributed by atoms with Crippen molar-refractivity contribution in [3.05, 3.63) is 59.2 Å². The molecule has 2 fully saturated rings. The predicted molar refractivity (Wildman–Crippen MR) is 220 cm³/mol. The smallest absolute Gasteiger partial charge is 0.180 e. The number of carbonyl (C=O) groups is 2. The highest BCUT2D eigenvalue weighted by molar-refractivity contribution is 5.84. The maximum Gasteiger partial charge on any atom is 0.180 e. The topological polar surface area (TPSA) is 177 Å². The van der Waals surface area contributed by atoms with Crippen LogP contribution in [-0.2, 0) is 35.3 Å². The number of ketones is 2. The first-order chi connectivity index (χ1) is 28.1. The maximum absolute atomic E-state index is 12.6. The average Bonchev–Trinajstić information content (AvgIpc) is 4.07. The molecule has 0 unspecified atom stereocenters. The number of nitrogens with zero attached hydrogens (tertiary/aromatic N) is 8. The van der Waals surface area contributed by atoms with Gasteiger partial charge in [-0.2, -0.15) is 0 Å². The van der Waals surface area contributed by atoms with Gasteiger partial charge in [0.15, 0.2) is 23.2 Å². The van der Waals surface area contributed by atoms with Gasteiger partial charge in [0, 0.05) is 74.0 Å². The molecule has 14 nitrogen and oxygen atoms in total. The van der Waals surface area contributed by atoms with Crippen molar-refractivity contribution < 1.29 is 29.3 Å². The van der Waals surface area contributed by atoms with Gasteiger partial charge in [-0.15, -0.1) is 0 Å². The molecule has 0 spiro atoms. The van der Waals surface area contributed by atoms with Crippen LogP contribution in [0, 0.1) is 11.8 Å². The molecule has 308 valence electrons. The van der Waals surface area contributed by atoms with Crippen LogP contribution in [0.3, 0.4) is 0 Å². The lowest BCUT2D eigenvalue weighted by Crippen LogP contribution is -2.30. The maximum atomic E-state index is 12.6. The summed E-state index contributed by atoms with van der Waals surface area (Å²) in [7, 11) is 7.06. The van der Waals surface area contributed by atoms with E-state index in [-0.39, 0.29) is 48.7 Å². The fourth-order valence-corrected chi connectivity index (χ4v) is 8.91. The normalized spacial score (nSPS) is 20.5. The Balaban J connectivity index is 0.000000177. The zero-order valence-corrected chi connectivity index (χ0v) is 34.2. The summed E-state index contributed by atoms with van der Waals surface area (Å²) < 4.78 is 10.6. The third kappa shape index (κ3) is 9.61. The van der Waals surface area contributed by atoms with E-state index >= 15 is 0 Å². The average molecular weight is 793 g/mol. The number of aromatic nitrogens is 6. The molecule has 2 N–H and O–H groups in total. The monoisotopic (exact) mass is 792 g/mol. The first-order valence-corrected chi connectivity index (χ1v) is 20.7. The summed E-state index contributed by atoms with van der Waals surface area (Å²) in [6.45, 7) is 0.579. The Morgan fingerprint density at radius 1 is 0.638 bits per heavy atom. The number of fused-ring (bicyclic) bond motifs is 2. The summed E-state index contributed by atoms with van der Waals surface area (Å²) in [6, 6.07) is 7.24. The van der Waals surface area contributed by atoms with Crippen molar-refractivity contribution in [1.82, 2.24) is 29.9 Å². The van der Waals surface area contributed by atoms with Gasteiger partial charge >= 0.3 is 0 Å². The highest BCUT2D eigenvalue weighted by atomic mass is 16.5. The van der Waals surface area contributed by atoms with Crippen LogP contribution in [0.15, 0.2) is 36.7 Å². The molecule has 8 rings (SSSR count). The van der Waals surface area contributed by atoms with Gasteiger partial charge in [0.05, 0.1) is 39.5 Å². The van der Waals surface area contributed by atoms with Crippen molar-refractivity contribution in [2.45, 2.75) is 102 Å². The molecule has 4 aromatic heterocycles. The number of hydrogen-bond donors (Lipinski definition) is 2. The fourth-order valence-electron chi connectivity index (χ4n) is 8.91. The van der Waals surface area contributed by atoms with Crippen LogP contribution in [0.2, 0.25) is 0 Å². The zero-order valence-electron chi connectivity index (χ0n) is 34.2. The Kier molecular flexibility index (Phi) is 13.2. The van der Waals surface area contributed by atoms with Crippen molar-refractivity contribution in [3.8, 4) is 34.5 Å². The van der Waals surface area contributed by atoms with Gasteiger partial charge in [-0.05, 0) is 88.2 Å². The third-order valence-electron chi connectivity index (χ3n) is 12.0. The first kappa shape index (κ1) is 41.1. The minimum atomic E-state index is -0.335. The van der Waals surface area contributed by atoms with Crippen LogP contribution >= 0.6 is 0 Å². The molecule has 0 amide bonds. The molecule has 0 saturated heterocycles. The van der Waals surface area contributed by atoms with Gasteiger partial charge < -0.3 is 29.5 Å². The van der Waals surface area contributed by atoms with Crippen LogP contribution in [0.4, 0.5) is 11.6 Å². The Bertz CT molecular complexity index is 1950. The van der Waals surface area contributed by atoms with Crippen LogP contribution in [0.1, 0.15) is 86.7 Å². The Hall–Kier alpha value is -5.08. The van der Waals surface area contributed by atoms with E-state index < -0.39 is 0 Å². The number of anilines is 2. The fraction of sp³-hybridized carbons (Fsp3) is 0.545. The molecular formula is C44H56N8O6. The highest BCUT2D eigenvalue weighted by Crippen LogP contribution is 2.34. The molecule has 4 aliphatic carbocycles. The van der Waals surface area contributed by atoms with Gasteiger partial charge in [0.2, 0.25) is 0 Å². The van der Waals surface area contributed by atoms with Crippen molar-refractivity contribution in [2.24, 2.45) is 11.8 Å². The number of aliphatic hydroxyl groups is 2. The second kappa shape index (κ2) is 18.7. The van der Waals surface area contributed by atoms with Gasteiger partial charge in [-0.1, -0.05) is 12.8 Å². The summed E-state index contributed by atoms with van der Waals surface area (Å²) in [5.74, 6) is 4.65. The largest absolute Gasteiger partial charge is 0.497 e. The van der Waals surface area contributed by atoms with E-state index in [2.05, 4.69) is 9.97 Å². The number of aliphatic hydroxyl groups excluding tert-OH is 2. The number of hydrogen-bond acceptors (Lipinski definition) is 14. The Morgan fingerprint density at radius 3 is 1.45 bits per heavy atom. The van der Waals surface area contributed by atoms with E-state index in [0.717, 1.165) is 111 Å². The molecular weight excluding hydrogens is 737 g/mol. The first-order valence-electron chi connectivity index (χ1n) is 20.7. The Labute approximate surface area is 340 Å². The van der Waals surface area contributed by atoms with E-state index in [1.807, 2.05) is 36.0 Å². The lowest BCUT2D eigenvalue weighted by Gasteiger charge is -2.22. The third-order valence-corrected chi connectivity index (χ3v) is 12.0. The summed E-state index contributed by atoms with van der Waals surface area (Å²) in [5, 5.41) is 20.0. The number of likely N-dealkylation sites (N-methyl/N-ethyl adjacent to an activating group) is 2. The molecule has 58 heavy (non-hydrogen) atoms. The molecule has 0 bridgehead atoms. The standard InChI is InChI=1S/2C22H28N4O3/c2*1-26(13-15(27)11-14-5-3-8-20(14)28)22-17-6-4-7-18(17)24-21(25-22)19-12-16(29-2)9-10-23-19/h2*9-10,12,14,20,28H,3-8,11,13H2,1-2H3/t2*14-,20+/m10/s1. The van der Waals surface area contributed by atoms with Crippen LogP contribution in [0.25, 0.3) is 23.0 Å². The van der Waals surface area contributed by atoms with Crippen LogP contribution in [-0.4, -0.2) is 105 Å². The molecule has 4 aliphatic rings. The van der Waals surface area contributed by atoms with E-state index in [9.17, 15) is 19.8 Å². The van der Waals surface area contributed by atoms with Crippen molar-refractivity contribution in [1.29, 1.82) is 0 Å². The molecule has 4 atom stereocenters. The van der Waals surface area contributed by atoms with Crippen LogP contribution < -0.4 is 19.3 Å². The predicted octanol–water partition coefficient (Wildman–Crippen LogP) is 5.18. The second-order valence-corrected chi connectivity index (χ2v) is 16.2. The van der Waals surface area contributed by atoms with Crippen LogP contribution in [0.5, 0.6) is 11.5 Å². The minimum Gasteiger partial charge on any atom is -0.497 e. The van der Waals surface area contributed by atoms with Gasteiger partial charge in [0.1, 0.15) is 34.5 Å². The second-order valence-electron chi connectivity index (χ2n) is 16.2. The molecule has 0 aromatic carbocycles. The lowest BCUT2D eigenvalue weighted by atomic mass is 9.99. The molecule has 4 aromatic rings. The van der Waals surface area contributed by atoms with Crippen molar-refractivity contribution in [2.75, 3.05) is 51.2 Å². The quantitative estimate of drug-likeness (QED) is 0.171. The van der Waals surface area contributed by atoms with Crippen molar-refractivity contribution in [3.63, 3.8) is 0 Å². The summed E-state index contributed by atoms with van der Waals surface area (Å²) in [4.78, 5) is 57.0.